The highest BCUT2D eigenvalue weighted by atomic mass is 35.5. The summed E-state index contributed by atoms with van der Waals surface area (Å²) in [6, 6.07) is 18.0. The van der Waals surface area contributed by atoms with Crippen LogP contribution in [0.5, 0.6) is 5.75 Å². The zero-order chi connectivity index (χ0) is 26.7. The summed E-state index contributed by atoms with van der Waals surface area (Å²) in [5.41, 5.74) is 1.74. The molecule has 1 aliphatic rings. The quantitative estimate of drug-likeness (QED) is 0.258. The summed E-state index contributed by atoms with van der Waals surface area (Å²) in [6.07, 6.45) is 0.818. The van der Waals surface area contributed by atoms with Crippen LogP contribution < -0.4 is 25.4 Å². The number of hydrogen-bond acceptors (Lipinski definition) is 8. The molecule has 1 fully saturated rings. The summed E-state index contributed by atoms with van der Waals surface area (Å²) in [6.45, 7) is 1.51. The van der Waals surface area contributed by atoms with Gasteiger partial charge >= 0.3 is 0 Å². The molecule has 0 bridgehead atoms. The number of amides is 1. The van der Waals surface area contributed by atoms with Crippen molar-refractivity contribution < 1.29 is 17.9 Å². The number of aromatic nitrogens is 2. The predicted molar refractivity (Wildman–Crippen MR) is 147 cm³/mol. The Hall–Kier alpha value is -3.93. The molecule has 0 aliphatic carbocycles. The number of benzene rings is 3. The Morgan fingerprint density at radius 1 is 1.03 bits per heavy atom. The number of para-hydroxylation sites is 2. The van der Waals surface area contributed by atoms with Crippen molar-refractivity contribution in [2.75, 3.05) is 30.2 Å². The zero-order valence-corrected chi connectivity index (χ0v) is 21.9. The Kier molecular flexibility index (Phi) is 7.32. The summed E-state index contributed by atoms with van der Waals surface area (Å²) in [7, 11) is -2.62. The van der Waals surface area contributed by atoms with Crippen LogP contribution in [0.25, 0.3) is 11.0 Å². The molecule has 4 N–H and O–H groups in total. The van der Waals surface area contributed by atoms with Crippen LogP contribution in [0.15, 0.2) is 71.6 Å². The summed E-state index contributed by atoms with van der Waals surface area (Å²) < 4.78 is 34.7. The van der Waals surface area contributed by atoms with Crippen LogP contribution in [0.1, 0.15) is 16.8 Å². The zero-order valence-electron chi connectivity index (χ0n) is 20.4. The van der Waals surface area contributed by atoms with Crippen LogP contribution in [-0.2, 0) is 10.0 Å². The molecular weight excluding hydrogens is 528 g/mol. The van der Waals surface area contributed by atoms with E-state index in [-0.39, 0.29) is 34.0 Å². The number of nitrogens with zero attached hydrogens (tertiary/aromatic N) is 2. The minimum absolute atomic E-state index is 0.00540. The number of halogens is 1. The minimum Gasteiger partial charge on any atom is -0.497 e. The first kappa shape index (κ1) is 25.7. The fraction of sp³-hybridized carbons (Fsp3) is 0.192. The third-order valence-corrected chi connectivity index (χ3v) is 7.70. The Morgan fingerprint density at radius 3 is 2.50 bits per heavy atom. The summed E-state index contributed by atoms with van der Waals surface area (Å²) in [5.74, 6) is 0.326. The lowest BCUT2D eigenvalue weighted by Crippen LogP contribution is -2.36. The molecule has 5 rings (SSSR count). The predicted octanol–water partition coefficient (Wildman–Crippen LogP) is 3.93. The maximum Gasteiger partial charge on any atom is 0.263 e. The van der Waals surface area contributed by atoms with Crippen LogP contribution in [0.2, 0.25) is 5.02 Å². The van der Waals surface area contributed by atoms with E-state index in [1.54, 1.807) is 48.5 Å². The second-order valence-electron chi connectivity index (χ2n) is 8.68. The van der Waals surface area contributed by atoms with Crippen LogP contribution in [0.4, 0.5) is 17.3 Å². The molecule has 10 nitrogen and oxygen atoms in total. The van der Waals surface area contributed by atoms with Gasteiger partial charge in [-0.1, -0.05) is 29.8 Å². The third-order valence-electron chi connectivity index (χ3n) is 6.03. The van der Waals surface area contributed by atoms with Crippen molar-refractivity contribution >= 4 is 55.9 Å². The topological polar surface area (TPSA) is 134 Å². The molecule has 1 saturated heterocycles. The van der Waals surface area contributed by atoms with E-state index in [1.807, 2.05) is 0 Å². The number of ether oxygens (including phenoxy) is 1. The number of fused-ring (bicyclic) bond motifs is 1. The van der Waals surface area contributed by atoms with Crippen LogP contribution in [0, 0.1) is 0 Å². The first-order valence-electron chi connectivity index (χ1n) is 11.8. The van der Waals surface area contributed by atoms with Gasteiger partial charge in [0, 0.05) is 24.2 Å². The van der Waals surface area contributed by atoms with E-state index < -0.39 is 10.0 Å². The second kappa shape index (κ2) is 10.8. The largest absolute Gasteiger partial charge is 0.497 e. The molecule has 38 heavy (non-hydrogen) atoms. The number of nitrogens with one attached hydrogen (secondary N) is 4. The van der Waals surface area contributed by atoms with Gasteiger partial charge in [0.25, 0.3) is 15.9 Å². The highest BCUT2D eigenvalue weighted by Crippen LogP contribution is 2.32. The van der Waals surface area contributed by atoms with Gasteiger partial charge in [0.05, 0.1) is 33.7 Å². The van der Waals surface area contributed by atoms with E-state index in [4.69, 9.17) is 16.3 Å². The van der Waals surface area contributed by atoms with Gasteiger partial charge in [-0.2, -0.15) is 0 Å². The van der Waals surface area contributed by atoms with Gasteiger partial charge in [-0.25, -0.2) is 18.4 Å². The number of sulfonamides is 1. The van der Waals surface area contributed by atoms with Crippen molar-refractivity contribution in [3.05, 3.63) is 77.3 Å². The van der Waals surface area contributed by atoms with Crippen molar-refractivity contribution in [1.29, 1.82) is 0 Å². The van der Waals surface area contributed by atoms with Crippen molar-refractivity contribution in [1.82, 2.24) is 20.6 Å². The number of carbonyl (C=O) groups is 1. The van der Waals surface area contributed by atoms with Gasteiger partial charge in [-0.3, -0.25) is 9.52 Å². The van der Waals surface area contributed by atoms with Crippen LogP contribution in [-0.4, -0.2) is 50.5 Å². The molecule has 4 aromatic rings. The van der Waals surface area contributed by atoms with E-state index in [0.29, 0.717) is 34.0 Å². The van der Waals surface area contributed by atoms with E-state index in [1.165, 1.54) is 25.3 Å². The standard InChI is InChI=1S/C26H25ClN6O4S/c1-37-18-9-10-20(27)23(14-18)32-24-25(31-22-8-3-2-7-21(22)30-24)33-38(35,36)19-6-4-5-16(13-19)26(34)29-17-11-12-28-15-17/h2-10,13-14,17,28H,11-12,15H2,1H3,(H,29,34)(H,30,32)(H,31,33). The Balaban J connectivity index is 1.48. The van der Waals surface area contributed by atoms with Crippen molar-refractivity contribution in [2.24, 2.45) is 0 Å². The van der Waals surface area contributed by atoms with Gasteiger partial charge < -0.3 is 20.7 Å². The van der Waals surface area contributed by atoms with E-state index >= 15 is 0 Å². The third kappa shape index (κ3) is 5.64. The number of carbonyl (C=O) groups excluding carboxylic acids is 1. The maximum absolute atomic E-state index is 13.4. The Bertz CT molecular complexity index is 1610. The minimum atomic E-state index is -4.15. The fourth-order valence-corrected chi connectivity index (χ4v) is 5.27. The van der Waals surface area contributed by atoms with Gasteiger partial charge in [-0.15, -0.1) is 0 Å². The number of rotatable bonds is 8. The normalized spacial score (nSPS) is 15.3. The van der Waals surface area contributed by atoms with Gasteiger partial charge in [0.1, 0.15) is 5.75 Å². The first-order chi connectivity index (χ1) is 18.3. The molecular formula is C26H25ClN6O4S. The molecule has 1 aliphatic heterocycles. The molecule has 2 heterocycles. The van der Waals surface area contributed by atoms with Gasteiger partial charge in [0.2, 0.25) is 0 Å². The molecule has 0 spiro atoms. The number of anilines is 3. The molecule has 12 heteroatoms. The molecule has 3 aromatic carbocycles. The van der Waals surface area contributed by atoms with E-state index in [2.05, 4.69) is 30.6 Å². The van der Waals surface area contributed by atoms with E-state index in [0.717, 1.165) is 13.0 Å². The molecule has 0 radical (unpaired) electrons. The Labute approximate surface area is 224 Å². The van der Waals surface area contributed by atoms with Crippen LogP contribution in [0.3, 0.4) is 0 Å². The fourth-order valence-electron chi connectivity index (χ4n) is 4.05. The summed E-state index contributed by atoms with van der Waals surface area (Å²) in [4.78, 5) is 21.7. The molecule has 196 valence electrons. The highest BCUT2D eigenvalue weighted by Gasteiger charge is 2.22. The monoisotopic (exact) mass is 552 g/mol. The number of methoxy groups -OCH3 is 1. The highest BCUT2D eigenvalue weighted by molar-refractivity contribution is 7.92. The molecule has 1 unspecified atom stereocenters. The second-order valence-corrected chi connectivity index (χ2v) is 10.8. The lowest BCUT2D eigenvalue weighted by Gasteiger charge is -2.16. The lowest BCUT2D eigenvalue weighted by atomic mass is 10.2. The molecule has 0 saturated carbocycles. The average Bonchev–Trinajstić information content (AvgIpc) is 3.43. The van der Waals surface area contributed by atoms with Crippen molar-refractivity contribution in [3.8, 4) is 5.75 Å². The van der Waals surface area contributed by atoms with Crippen molar-refractivity contribution in [3.63, 3.8) is 0 Å². The summed E-state index contributed by atoms with van der Waals surface area (Å²) in [5, 5.41) is 9.55. The Morgan fingerprint density at radius 2 is 1.79 bits per heavy atom. The SMILES string of the molecule is COc1ccc(Cl)c(Nc2nc3ccccc3nc2NS(=O)(=O)c2cccc(C(=O)NC3CCNC3)c2)c1. The molecule has 1 amide bonds. The smallest absolute Gasteiger partial charge is 0.263 e. The van der Waals surface area contributed by atoms with Crippen molar-refractivity contribution in [2.45, 2.75) is 17.4 Å². The summed E-state index contributed by atoms with van der Waals surface area (Å²) >= 11 is 6.36. The first-order valence-corrected chi connectivity index (χ1v) is 13.7. The maximum atomic E-state index is 13.4. The molecule has 1 atom stereocenters. The average molecular weight is 553 g/mol. The van der Waals surface area contributed by atoms with E-state index in [9.17, 15) is 13.2 Å². The molecule has 1 aromatic heterocycles. The van der Waals surface area contributed by atoms with Crippen LogP contribution >= 0.6 is 11.6 Å². The van der Waals surface area contributed by atoms with Gasteiger partial charge in [-0.05, 0) is 55.4 Å². The lowest BCUT2D eigenvalue weighted by molar-refractivity contribution is 0.0940. The number of hydrogen-bond donors (Lipinski definition) is 4. The van der Waals surface area contributed by atoms with Gasteiger partial charge in [0.15, 0.2) is 11.6 Å².